The summed E-state index contributed by atoms with van der Waals surface area (Å²) in [6.07, 6.45) is 1.13. The van der Waals surface area contributed by atoms with Crippen molar-refractivity contribution < 1.29 is 17.9 Å². The van der Waals surface area contributed by atoms with E-state index in [9.17, 15) is 13.2 Å². The quantitative estimate of drug-likeness (QED) is 0.805. The Morgan fingerprint density at radius 3 is 2.15 bits per heavy atom. The van der Waals surface area contributed by atoms with Crippen LogP contribution in [0.15, 0.2) is 48.5 Å². The molecule has 2 aromatic carbocycles. The van der Waals surface area contributed by atoms with Gasteiger partial charge in [0.15, 0.2) is 6.61 Å². The number of hydrogen-bond donors (Lipinski definition) is 1. The van der Waals surface area contributed by atoms with E-state index in [4.69, 9.17) is 4.74 Å². The van der Waals surface area contributed by atoms with Crippen LogP contribution in [0.1, 0.15) is 25.3 Å². The fraction of sp³-hybridized carbons (Fsp3) is 0.316. The molecule has 6 nitrogen and oxygen atoms in total. The van der Waals surface area contributed by atoms with Crippen molar-refractivity contribution in [1.82, 2.24) is 0 Å². The third kappa shape index (κ3) is 5.49. The highest BCUT2D eigenvalue weighted by Crippen LogP contribution is 2.20. The fourth-order valence-corrected chi connectivity index (χ4v) is 2.75. The Kier molecular flexibility index (Phi) is 6.26. The lowest BCUT2D eigenvalue weighted by Crippen LogP contribution is -2.24. The van der Waals surface area contributed by atoms with Crippen LogP contribution >= 0.6 is 0 Å². The minimum atomic E-state index is -3.31. The van der Waals surface area contributed by atoms with E-state index in [2.05, 4.69) is 19.2 Å². The van der Waals surface area contributed by atoms with Gasteiger partial charge in [0, 0.05) is 12.7 Å². The molecule has 1 N–H and O–H groups in total. The van der Waals surface area contributed by atoms with Crippen LogP contribution in [0.5, 0.6) is 5.75 Å². The molecule has 0 atom stereocenters. The Morgan fingerprint density at radius 2 is 1.65 bits per heavy atom. The van der Waals surface area contributed by atoms with Crippen LogP contribution in [0.2, 0.25) is 0 Å². The molecular weight excluding hydrogens is 352 g/mol. The van der Waals surface area contributed by atoms with E-state index in [-0.39, 0.29) is 12.5 Å². The van der Waals surface area contributed by atoms with Crippen molar-refractivity contribution in [2.45, 2.75) is 19.8 Å². The molecule has 0 bridgehead atoms. The minimum Gasteiger partial charge on any atom is -0.484 e. The average molecular weight is 376 g/mol. The molecule has 0 heterocycles. The summed E-state index contributed by atoms with van der Waals surface area (Å²) < 4.78 is 29.6. The van der Waals surface area contributed by atoms with Gasteiger partial charge in [-0.25, -0.2) is 8.42 Å². The first-order valence-corrected chi connectivity index (χ1v) is 10.1. The number of ether oxygens (including phenoxy) is 1. The molecule has 0 aromatic heterocycles. The zero-order valence-corrected chi connectivity index (χ0v) is 16.2. The second-order valence-corrected chi connectivity index (χ2v) is 8.35. The van der Waals surface area contributed by atoms with Crippen molar-refractivity contribution in [1.29, 1.82) is 0 Å². The Balaban J connectivity index is 1.89. The van der Waals surface area contributed by atoms with Crippen LogP contribution in [0.3, 0.4) is 0 Å². The van der Waals surface area contributed by atoms with Crippen molar-refractivity contribution >= 4 is 27.3 Å². The zero-order valence-electron chi connectivity index (χ0n) is 15.4. The summed E-state index contributed by atoms with van der Waals surface area (Å²) in [4.78, 5) is 12.0. The number of hydrogen-bond acceptors (Lipinski definition) is 4. The Bertz CT molecular complexity index is 844. The number of nitrogens with zero attached hydrogens (tertiary/aromatic N) is 1. The van der Waals surface area contributed by atoms with E-state index in [1.165, 1.54) is 16.9 Å². The van der Waals surface area contributed by atoms with Crippen molar-refractivity contribution in [3.63, 3.8) is 0 Å². The van der Waals surface area contributed by atoms with Gasteiger partial charge >= 0.3 is 0 Å². The summed E-state index contributed by atoms with van der Waals surface area (Å²) in [6, 6.07) is 14.2. The second kappa shape index (κ2) is 8.23. The SMILES string of the molecule is CC(C)c1ccc(NC(=O)COc2ccc(N(C)S(C)(=O)=O)cc2)cc1. The van der Waals surface area contributed by atoms with Crippen LogP contribution in [0.4, 0.5) is 11.4 Å². The summed E-state index contributed by atoms with van der Waals surface area (Å²) in [5.41, 5.74) is 2.45. The summed E-state index contributed by atoms with van der Waals surface area (Å²) >= 11 is 0. The van der Waals surface area contributed by atoms with E-state index in [0.717, 1.165) is 6.26 Å². The molecule has 26 heavy (non-hydrogen) atoms. The molecule has 0 fully saturated rings. The van der Waals surface area contributed by atoms with Gasteiger partial charge in [0.05, 0.1) is 11.9 Å². The topological polar surface area (TPSA) is 75.7 Å². The molecule has 0 aliphatic heterocycles. The number of anilines is 2. The maximum absolute atomic E-state index is 12.0. The molecule has 1 amide bonds. The minimum absolute atomic E-state index is 0.132. The van der Waals surface area contributed by atoms with Crippen LogP contribution in [-0.4, -0.2) is 34.2 Å². The summed E-state index contributed by atoms with van der Waals surface area (Å²) in [7, 11) is -1.83. The molecule has 2 rings (SSSR count). The van der Waals surface area contributed by atoms with E-state index >= 15 is 0 Å². The highest BCUT2D eigenvalue weighted by atomic mass is 32.2. The molecule has 0 aliphatic rings. The lowest BCUT2D eigenvalue weighted by Gasteiger charge is -2.16. The second-order valence-electron chi connectivity index (χ2n) is 6.34. The van der Waals surface area contributed by atoms with Gasteiger partial charge in [-0.1, -0.05) is 26.0 Å². The van der Waals surface area contributed by atoms with Crippen molar-refractivity contribution in [2.75, 3.05) is 29.5 Å². The van der Waals surface area contributed by atoms with E-state index in [1.807, 2.05) is 24.3 Å². The Hall–Kier alpha value is -2.54. The van der Waals surface area contributed by atoms with Gasteiger partial charge in [0.1, 0.15) is 5.75 Å². The van der Waals surface area contributed by atoms with Gasteiger partial charge < -0.3 is 10.1 Å². The Morgan fingerprint density at radius 1 is 1.08 bits per heavy atom. The lowest BCUT2D eigenvalue weighted by molar-refractivity contribution is -0.118. The number of rotatable bonds is 7. The molecule has 2 aromatic rings. The van der Waals surface area contributed by atoms with E-state index in [0.29, 0.717) is 23.0 Å². The van der Waals surface area contributed by atoms with Crippen LogP contribution < -0.4 is 14.4 Å². The molecule has 140 valence electrons. The first-order chi connectivity index (χ1) is 12.2. The molecule has 7 heteroatoms. The Labute approximate surface area is 154 Å². The number of carbonyl (C=O) groups is 1. The number of benzene rings is 2. The van der Waals surface area contributed by atoms with Gasteiger partial charge in [-0.15, -0.1) is 0 Å². The van der Waals surface area contributed by atoms with Crippen LogP contribution in [-0.2, 0) is 14.8 Å². The molecule has 0 aliphatic carbocycles. The number of amides is 1. The van der Waals surface area contributed by atoms with Crippen LogP contribution in [0.25, 0.3) is 0 Å². The summed E-state index contributed by atoms with van der Waals surface area (Å²) in [6.45, 7) is 4.09. The average Bonchev–Trinajstić information content (AvgIpc) is 2.59. The third-order valence-electron chi connectivity index (χ3n) is 3.93. The fourth-order valence-electron chi connectivity index (χ4n) is 2.24. The standard InChI is InChI=1S/C19H24N2O4S/c1-14(2)15-5-7-16(8-6-15)20-19(22)13-25-18-11-9-17(10-12-18)21(3)26(4,23)24/h5-12,14H,13H2,1-4H3,(H,20,22). The van der Waals surface area contributed by atoms with E-state index < -0.39 is 10.0 Å². The van der Waals surface area contributed by atoms with Gasteiger partial charge in [0.25, 0.3) is 5.91 Å². The molecule has 0 unspecified atom stereocenters. The normalized spacial score (nSPS) is 11.3. The van der Waals surface area contributed by atoms with Gasteiger partial charge in [-0.3, -0.25) is 9.10 Å². The lowest BCUT2D eigenvalue weighted by atomic mass is 10.0. The molecular formula is C19H24N2O4S. The van der Waals surface area contributed by atoms with Crippen molar-refractivity contribution in [3.8, 4) is 5.75 Å². The van der Waals surface area contributed by atoms with Gasteiger partial charge in [-0.05, 0) is 47.9 Å². The third-order valence-corrected chi connectivity index (χ3v) is 5.13. The number of nitrogens with one attached hydrogen (secondary N) is 1. The smallest absolute Gasteiger partial charge is 0.262 e. The predicted molar refractivity (Wildman–Crippen MR) is 104 cm³/mol. The molecule has 0 saturated heterocycles. The number of carbonyl (C=O) groups excluding carboxylic acids is 1. The predicted octanol–water partition coefficient (Wildman–Crippen LogP) is 3.22. The monoisotopic (exact) mass is 376 g/mol. The highest BCUT2D eigenvalue weighted by Gasteiger charge is 2.12. The highest BCUT2D eigenvalue weighted by molar-refractivity contribution is 7.92. The first-order valence-electron chi connectivity index (χ1n) is 8.23. The molecule has 0 saturated carbocycles. The largest absolute Gasteiger partial charge is 0.484 e. The van der Waals surface area contributed by atoms with Gasteiger partial charge in [-0.2, -0.15) is 0 Å². The maximum Gasteiger partial charge on any atom is 0.262 e. The van der Waals surface area contributed by atoms with Crippen molar-refractivity contribution in [3.05, 3.63) is 54.1 Å². The summed E-state index contributed by atoms with van der Waals surface area (Å²) in [5, 5.41) is 2.78. The molecule has 0 spiro atoms. The first kappa shape index (κ1) is 19.8. The van der Waals surface area contributed by atoms with Crippen LogP contribution in [0, 0.1) is 0 Å². The zero-order chi connectivity index (χ0) is 19.3. The maximum atomic E-state index is 12.0. The molecule has 0 radical (unpaired) electrons. The number of sulfonamides is 1. The summed E-state index contributed by atoms with van der Waals surface area (Å²) in [5.74, 6) is 0.661. The van der Waals surface area contributed by atoms with E-state index in [1.54, 1.807) is 24.3 Å². The van der Waals surface area contributed by atoms with Crippen molar-refractivity contribution in [2.24, 2.45) is 0 Å². The van der Waals surface area contributed by atoms with Gasteiger partial charge in [0.2, 0.25) is 10.0 Å².